The van der Waals surface area contributed by atoms with E-state index in [1.165, 1.54) is 6.07 Å². The molecule has 0 saturated heterocycles. The zero-order valence-corrected chi connectivity index (χ0v) is 13.2. The monoisotopic (exact) mass is 336 g/mol. The number of para-hydroxylation sites is 1. The molecule has 0 aliphatic rings. The molecule has 0 bridgehead atoms. The Bertz CT molecular complexity index is 599. The summed E-state index contributed by atoms with van der Waals surface area (Å²) < 4.78 is 15.2. The molecule has 0 aliphatic heterocycles. The van der Waals surface area contributed by atoms with E-state index in [1.807, 2.05) is 49.2 Å². The van der Waals surface area contributed by atoms with Gasteiger partial charge < -0.3 is 10.6 Å². The summed E-state index contributed by atoms with van der Waals surface area (Å²) >= 11 is 3.45. The number of anilines is 1. The van der Waals surface area contributed by atoms with E-state index < -0.39 is 0 Å². The number of halogens is 2. The van der Waals surface area contributed by atoms with Crippen molar-refractivity contribution in [2.45, 2.75) is 19.5 Å². The number of nitrogens with two attached hydrogens (primary N) is 1. The number of benzene rings is 2. The van der Waals surface area contributed by atoms with Gasteiger partial charge in [-0.05, 0) is 36.2 Å². The predicted molar refractivity (Wildman–Crippen MR) is 85.3 cm³/mol. The van der Waals surface area contributed by atoms with Gasteiger partial charge in [-0.25, -0.2) is 4.39 Å². The second-order valence-electron chi connectivity index (χ2n) is 4.95. The third-order valence-electron chi connectivity index (χ3n) is 3.20. The first-order chi connectivity index (χ1) is 9.49. The average molecular weight is 337 g/mol. The van der Waals surface area contributed by atoms with Gasteiger partial charge in [-0.15, -0.1) is 0 Å². The first kappa shape index (κ1) is 15.0. The minimum absolute atomic E-state index is 0.203. The maximum absolute atomic E-state index is 14.1. The Hall–Kier alpha value is -1.39. The summed E-state index contributed by atoms with van der Waals surface area (Å²) in [6.45, 7) is 2.49. The Morgan fingerprint density at radius 2 is 1.95 bits per heavy atom. The van der Waals surface area contributed by atoms with Crippen molar-refractivity contribution in [3.8, 4) is 0 Å². The van der Waals surface area contributed by atoms with Gasteiger partial charge in [0.05, 0.1) is 5.69 Å². The molecule has 4 heteroatoms. The largest absolute Gasteiger partial charge is 0.368 e. The van der Waals surface area contributed by atoms with Crippen LogP contribution in [0.25, 0.3) is 0 Å². The summed E-state index contributed by atoms with van der Waals surface area (Å²) in [6, 6.07) is 12.8. The van der Waals surface area contributed by atoms with Crippen molar-refractivity contribution >= 4 is 21.6 Å². The second-order valence-corrected chi connectivity index (χ2v) is 5.87. The molecule has 2 rings (SSSR count). The van der Waals surface area contributed by atoms with Gasteiger partial charge in [0.1, 0.15) is 5.82 Å². The molecule has 0 heterocycles. The van der Waals surface area contributed by atoms with Crippen LogP contribution in [0.4, 0.5) is 10.1 Å². The number of hydrogen-bond donors (Lipinski definition) is 1. The second kappa shape index (κ2) is 6.37. The maximum Gasteiger partial charge on any atom is 0.146 e. The van der Waals surface area contributed by atoms with Gasteiger partial charge in [-0.2, -0.15) is 0 Å². The first-order valence-corrected chi connectivity index (χ1v) is 7.28. The van der Waals surface area contributed by atoms with E-state index in [1.54, 1.807) is 6.07 Å². The molecular weight excluding hydrogens is 319 g/mol. The predicted octanol–water partition coefficient (Wildman–Crippen LogP) is 4.24. The number of hydrogen-bond acceptors (Lipinski definition) is 2. The van der Waals surface area contributed by atoms with E-state index in [0.717, 1.165) is 15.6 Å². The lowest BCUT2D eigenvalue weighted by molar-refractivity contribution is 0.616. The minimum Gasteiger partial charge on any atom is -0.368 e. The van der Waals surface area contributed by atoms with Crippen LogP contribution in [0.1, 0.15) is 24.1 Å². The molecule has 0 aliphatic carbocycles. The molecule has 2 aromatic carbocycles. The highest BCUT2D eigenvalue weighted by Gasteiger charge is 2.15. The number of rotatable bonds is 4. The molecule has 0 saturated carbocycles. The fraction of sp³-hybridized carbons (Fsp3) is 0.250. The van der Waals surface area contributed by atoms with E-state index >= 15 is 0 Å². The quantitative estimate of drug-likeness (QED) is 0.904. The van der Waals surface area contributed by atoms with Gasteiger partial charge in [0.25, 0.3) is 0 Å². The SMILES string of the molecule is CC(N)c1cccc(F)c1N(C)Cc1cccc(Br)c1. The maximum atomic E-state index is 14.1. The van der Waals surface area contributed by atoms with Gasteiger partial charge in [-0.1, -0.05) is 40.2 Å². The van der Waals surface area contributed by atoms with Crippen molar-refractivity contribution in [1.82, 2.24) is 0 Å². The summed E-state index contributed by atoms with van der Waals surface area (Å²) in [5.41, 5.74) is 8.44. The van der Waals surface area contributed by atoms with Crippen LogP contribution < -0.4 is 10.6 Å². The molecule has 20 heavy (non-hydrogen) atoms. The van der Waals surface area contributed by atoms with E-state index in [2.05, 4.69) is 15.9 Å². The highest BCUT2D eigenvalue weighted by molar-refractivity contribution is 9.10. The van der Waals surface area contributed by atoms with Gasteiger partial charge >= 0.3 is 0 Å². The summed E-state index contributed by atoms with van der Waals surface area (Å²) in [5, 5.41) is 0. The Balaban J connectivity index is 2.31. The van der Waals surface area contributed by atoms with Crippen LogP contribution >= 0.6 is 15.9 Å². The van der Waals surface area contributed by atoms with E-state index in [9.17, 15) is 4.39 Å². The van der Waals surface area contributed by atoms with E-state index in [-0.39, 0.29) is 11.9 Å². The summed E-state index contributed by atoms with van der Waals surface area (Å²) in [4.78, 5) is 1.90. The molecule has 0 amide bonds. The Morgan fingerprint density at radius 1 is 1.25 bits per heavy atom. The van der Waals surface area contributed by atoms with E-state index in [4.69, 9.17) is 5.73 Å². The molecule has 1 unspecified atom stereocenters. The lowest BCUT2D eigenvalue weighted by atomic mass is 10.0. The summed E-state index contributed by atoms with van der Waals surface area (Å²) in [6.07, 6.45) is 0. The van der Waals surface area contributed by atoms with Crippen molar-refractivity contribution < 1.29 is 4.39 Å². The Morgan fingerprint density at radius 3 is 2.60 bits per heavy atom. The lowest BCUT2D eigenvalue weighted by Crippen LogP contribution is -2.21. The Kier molecular flexibility index (Phi) is 4.78. The number of nitrogens with zero attached hydrogens (tertiary/aromatic N) is 1. The molecule has 0 fully saturated rings. The lowest BCUT2D eigenvalue weighted by Gasteiger charge is -2.24. The van der Waals surface area contributed by atoms with Crippen molar-refractivity contribution in [3.05, 3.63) is 63.9 Å². The van der Waals surface area contributed by atoms with Gasteiger partial charge in [0.15, 0.2) is 0 Å². The van der Waals surface area contributed by atoms with Crippen LogP contribution in [0.2, 0.25) is 0 Å². The van der Waals surface area contributed by atoms with Crippen molar-refractivity contribution in [2.24, 2.45) is 5.73 Å². The molecule has 0 radical (unpaired) electrons. The first-order valence-electron chi connectivity index (χ1n) is 6.48. The van der Waals surface area contributed by atoms with Crippen molar-refractivity contribution in [3.63, 3.8) is 0 Å². The smallest absolute Gasteiger partial charge is 0.146 e. The van der Waals surface area contributed by atoms with Gasteiger partial charge in [0, 0.05) is 24.1 Å². The zero-order chi connectivity index (χ0) is 14.7. The van der Waals surface area contributed by atoms with Crippen LogP contribution in [0.3, 0.4) is 0 Å². The molecule has 2 nitrogen and oxygen atoms in total. The molecule has 0 aromatic heterocycles. The molecule has 1 atom stereocenters. The zero-order valence-electron chi connectivity index (χ0n) is 11.6. The van der Waals surface area contributed by atoms with Crippen LogP contribution in [-0.4, -0.2) is 7.05 Å². The molecule has 2 N–H and O–H groups in total. The highest BCUT2D eigenvalue weighted by Crippen LogP contribution is 2.28. The highest BCUT2D eigenvalue weighted by atomic mass is 79.9. The normalized spacial score (nSPS) is 12.2. The third-order valence-corrected chi connectivity index (χ3v) is 3.69. The van der Waals surface area contributed by atoms with Crippen molar-refractivity contribution in [2.75, 3.05) is 11.9 Å². The standard InChI is InChI=1S/C16H18BrFN2/c1-11(19)14-7-4-8-15(18)16(14)20(2)10-12-5-3-6-13(17)9-12/h3-9,11H,10,19H2,1-2H3. The van der Waals surface area contributed by atoms with E-state index in [0.29, 0.717) is 12.2 Å². The fourth-order valence-corrected chi connectivity index (χ4v) is 2.74. The topological polar surface area (TPSA) is 29.3 Å². The minimum atomic E-state index is -0.239. The van der Waals surface area contributed by atoms with Gasteiger partial charge in [-0.3, -0.25) is 0 Å². The molecule has 0 spiro atoms. The molecular formula is C16H18BrFN2. The average Bonchev–Trinajstić information content (AvgIpc) is 2.38. The Labute approximate surface area is 127 Å². The fourth-order valence-electron chi connectivity index (χ4n) is 2.29. The van der Waals surface area contributed by atoms with Crippen LogP contribution in [-0.2, 0) is 6.54 Å². The van der Waals surface area contributed by atoms with Crippen LogP contribution in [0.15, 0.2) is 46.9 Å². The van der Waals surface area contributed by atoms with Crippen molar-refractivity contribution in [1.29, 1.82) is 0 Å². The molecule has 2 aromatic rings. The van der Waals surface area contributed by atoms with Crippen LogP contribution in [0, 0.1) is 5.82 Å². The summed E-state index contributed by atoms with van der Waals surface area (Å²) in [7, 11) is 1.88. The summed E-state index contributed by atoms with van der Waals surface area (Å²) in [5.74, 6) is -0.239. The van der Waals surface area contributed by atoms with Crippen LogP contribution in [0.5, 0.6) is 0 Å². The van der Waals surface area contributed by atoms with Gasteiger partial charge in [0.2, 0.25) is 0 Å². The molecule has 106 valence electrons. The third kappa shape index (κ3) is 3.38.